The molecule has 0 spiro atoms. The van der Waals surface area contributed by atoms with E-state index in [1.807, 2.05) is 0 Å². The highest BCUT2D eigenvalue weighted by Gasteiger charge is 2.18. The molecule has 20 heavy (non-hydrogen) atoms. The molecule has 1 aromatic carbocycles. The number of hydrogen-bond donors (Lipinski definition) is 2. The molecular formula is C11H14N4O5. The van der Waals surface area contributed by atoms with Gasteiger partial charge in [0.25, 0.3) is 11.4 Å². The third-order valence-electron chi connectivity index (χ3n) is 2.47. The molecule has 1 rings (SSSR count). The topological polar surface area (TPSA) is 127 Å². The minimum Gasteiger partial charge on any atom is -0.355 e. The average molecular weight is 282 g/mol. The van der Waals surface area contributed by atoms with Gasteiger partial charge in [-0.3, -0.25) is 25.0 Å². The van der Waals surface area contributed by atoms with Gasteiger partial charge in [0.2, 0.25) is 5.91 Å². The summed E-state index contributed by atoms with van der Waals surface area (Å²) in [5.74, 6) is -0.159. The first-order valence-electron chi connectivity index (χ1n) is 5.78. The van der Waals surface area contributed by atoms with E-state index in [9.17, 15) is 25.0 Å². The van der Waals surface area contributed by atoms with Gasteiger partial charge in [-0.25, -0.2) is 0 Å². The minimum absolute atomic E-state index is 0.159. The van der Waals surface area contributed by atoms with Crippen molar-refractivity contribution in [2.45, 2.75) is 13.5 Å². The summed E-state index contributed by atoms with van der Waals surface area (Å²) in [6.45, 7) is 2.42. The number of nitro benzene ring substituents is 2. The number of nitrogens with zero attached hydrogens (tertiary/aromatic N) is 2. The summed E-state index contributed by atoms with van der Waals surface area (Å²) in [5, 5.41) is 26.9. The van der Waals surface area contributed by atoms with E-state index in [2.05, 4.69) is 10.6 Å². The molecule has 0 unspecified atom stereocenters. The van der Waals surface area contributed by atoms with E-state index in [4.69, 9.17) is 0 Å². The van der Waals surface area contributed by atoms with Gasteiger partial charge >= 0.3 is 0 Å². The summed E-state index contributed by atoms with van der Waals surface area (Å²) in [7, 11) is 0. The van der Waals surface area contributed by atoms with Crippen molar-refractivity contribution in [1.29, 1.82) is 0 Å². The Morgan fingerprint density at radius 1 is 1.20 bits per heavy atom. The molecule has 1 amide bonds. The van der Waals surface area contributed by atoms with Crippen LogP contribution in [-0.4, -0.2) is 28.8 Å². The third kappa shape index (κ3) is 4.61. The highest BCUT2D eigenvalue weighted by Crippen LogP contribution is 2.24. The number of non-ortho nitro benzene ring substituents is 1. The van der Waals surface area contributed by atoms with Crippen molar-refractivity contribution in [3.63, 3.8) is 0 Å². The lowest BCUT2D eigenvalue weighted by atomic mass is 10.1. The first-order valence-corrected chi connectivity index (χ1v) is 5.78. The van der Waals surface area contributed by atoms with Crippen molar-refractivity contribution >= 4 is 17.3 Å². The molecule has 0 aliphatic heterocycles. The van der Waals surface area contributed by atoms with Gasteiger partial charge in [0, 0.05) is 38.2 Å². The molecule has 9 nitrogen and oxygen atoms in total. The Bertz CT molecular complexity index is 532. The fourth-order valence-electron chi connectivity index (χ4n) is 1.54. The van der Waals surface area contributed by atoms with Gasteiger partial charge in [-0.2, -0.15) is 0 Å². The van der Waals surface area contributed by atoms with Gasteiger partial charge in [-0.05, 0) is 6.07 Å². The van der Waals surface area contributed by atoms with E-state index in [1.165, 1.54) is 19.1 Å². The quantitative estimate of drug-likeness (QED) is 0.431. The van der Waals surface area contributed by atoms with Crippen LogP contribution in [0.4, 0.5) is 11.4 Å². The third-order valence-corrected chi connectivity index (χ3v) is 2.47. The molecule has 0 atom stereocenters. The van der Waals surface area contributed by atoms with Gasteiger partial charge in [0.05, 0.1) is 15.9 Å². The van der Waals surface area contributed by atoms with Crippen LogP contribution < -0.4 is 10.6 Å². The largest absolute Gasteiger partial charge is 0.355 e. The molecule has 108 valence electrons. The molecule has 0 saturated heterocycles. The fraction of sp³-hybridized carbons (Fsp3) is 0.364. The van der Waals surface area contributed by atoms with Crippen LogP contribution in [0, 0.1) is 20.2 Å². The number of rotatable bonds is 7. The summed E-state index contributed by atoms with van der Waals surface area (Å²) in [6, 6.07) is 3.50. The minimum atomic E-state index is -0.680. The van der Waals surface area contributed by atoms with Crippen LogP contribution in [0.25, 0.3) is 0 Å². The van der Waals surface area contributed by atoms with Crippen molar-refractivity contribution in [1.82, 2.24) is 10.6 Å². The normalized spacial score (nSPS) is 10.1. The van der Waals surface area contributed by atoms with Crippen LogP contribution in [0.15, 0.2) is 18.2 Å². The van der Waals surface area contributed by atoms with E-state index in [1.54, 1.807) is 0 Å². The summed E-state index contributed by atoms with van der Waals surface area (Å²) in [6.07, 6.45) is 0. The van der Waals surface area contributed by atoms with Crippen molar-refractivity contribution in [3.8, 4) is 0 Å². The molecule has 0 aromatic heterocycles. The van der Waals surface area contributed by atoms with Crippen LogP contribution in [-0.2, 0) is 11.3 Å². The first kappa shape index (κ1) is 15.5. The summed E-state index contributed by atoms with van der Waals surface area (Å²) < 4.78 is 0. The molecule has 0 fully saturated rings. The van der Waals surface area contributed by atoms with E-state index in [0.717, 1.165) is 6.07 Å². The lowest BCUT2D eigenvalue weighted by molar-refractivity contribution is -0.394. The summed E-state index contributed by atoms with van der Waals surface area (Å²) in [4.78, 5) is 30.7. The number of hydrogen-bond acceptors (Lipinski definition) is 6. The molecule has 1 aromatic rings. The van der Waals surface area contributed by atoms with E-state index in [-0.39, 0.29) is 23.8 Å². The molecule has 9 heteroatoms. The van der Waals surface area contributed by atoms with Crippen molar-refractivity contribution in [2.75, 3.05) is 13.1 Å². The van der Waals surface area contributed by atoms with Crippen LogP contribution in [0.1, 0.15) is 12.5 Å². The smallest absolute Gasteiger partial charge is 0.280 e. The van der Waals surface area contributed by atoms with Crippen molar-refractivity contribution < 1.29 is 14.6 Å². The zero-order valence-electron chi connectivity index (χ0n) is 10.8. The van der Waals surface area contributed by atoms with Gasteiger partial charge in [-0.1, -0.05) is 0 Å². The lowest BCUT2D eigenvalue weighted by Crippen LogP contribution is -2.30. The molecule has 0 aliphatic carbocycles. The fourth-order valence-corrected chi connectivity index (χ4v) is 1.54. The van der Waals surface area contributed by atoms with Gasteiger partial charge in [0.1, 0.15) is 0 Å². The van der Waals surface area contributed by atoms with Gasteiger partial charge < -0.3 is 10.6 Å². The molecule has 0 saturated carbocycles. The Morgan fingerprint density at radius 3 is 2.45 bits per heavy atom. The monoisotopic (exact) mass is 282 g/mol. The summed E-state index contributed by atoms with van der Waals surface area (Å²) >= 11 is 0. The molecule has 0 aliphatic rings. The Kier molecular flexibility index (Phi) is 5.54. The maximum atomic E-state index is 10.9. The van der Waals surface area contributed by atoms with Crippen molar-refractivity contribution in [3.05, 3.63) is 44.0 Å². The van der Waals surface area contributed by atoms with Gasteiger partial charge in [-0.15, -0.1) is 0 Å². The van der Waals surface area contributed by atoms with Crippen LogP contribution in [0.5, 0.6) is 0 Å². The van der Waals surface area contributed by atoms with Crippen LogP contribution >= 0.6 is 0 Å². The van der Waals surface area contributed by atoms with Crippen LogP contribution in [0.3, 0.4) is 0 Å². The number of carbonyl (C=O) groups is 1. The Morgan fingerprint density at radius 2 is 1.90 bits per heavy atom. The zero-order chi connectivity index (χ0) is 15.1. The Labute approximate surface area is 114 Å². The van der Waals surface area contributed by atoms with Crippen LogP contribution in [0.2, 0.25) is 0 Å². The van der Waals surface area contributed by atoms with E-state index < -0.39 is 9.85 Å². The number of nitrogens with one attached hydrogen (secondary N) is 2. The predicted octanol–water partition coefficient (Wildman–Crippen LogP) is 0.729. The SMILES string of the molecule is CC(=O)NCCNCc1ccc([N+](=O)[O-])cc1[N+](=O)[O-]. The molecule has 0 heterocycles. The number of amides is 1. The maximum absolute atomic E-state index is 10.9. The average Bonchev–Trinajstić information content (AvgIpc) is 2.37. The molecular weight excluding hydrogens is 268 g/mol. The second kappa shape index (κ2) is 7.14. The van der Waals surface area contributed by atoms with Crippen molar-refractivity contribution in [2.24, 2.45) is 0 Å². The number of carbonyl (C=O) groups excluding carboxylic acids is 1. The Hall–Kier alpha value is -2.55. The second-order valence-electron chi connectivity index (χ2n) is 3.99. The Balaban J connectivity index is 2.67. The van der Waals surface area contributed by atoms with E-state index >= 15 is 0 Å². The number of benzene rings is 1. The lowest BCUT2D eigenvalue weighted by Gasteiger charge is -2.06. The predicted molar refractivity (Wildman–Crippen MR) is 70.1 cm³/mol. The maximum Gasteiger partial charge on any atom is 0.280 e. The van der Waals surface area contributed by atoms with Gasteiger partial charge in [0.15, 0.2) is 0 Å². The first-order chi connectivity index (χ1) is 9.41. The standard InChI is InChI=1S/C11H14N4O5/c1-8(16)13-5-4-12-7-9-2-3-10(14(17)18)6-11(9)15(19)20/h2-3,6,12H,4-5,7H2,1H3,(H,13,16). The number of nitro groups is 2. The second-order valence-corrected chi connectivity index (χ2v) is 3.99. The molecule has 2 N–H and O–H groups in total. The molecule has 0 bridgehead atoms. The molecule has 0 radical (unpaired) electrons. The van der Waals surface area contributed by atoms with E-state index in [0.29, 0.717) is 18.7 Å². The highest BCUT2D eigenvalue weighted by molar-refractivity contribution is 5.72. The zero-order valence-corrected chi connectivity index (χ0v) is 10.8. The summed E-state index contributed by atoms with van der Waals surface area (Å²) in [5.41, 5.74) is -0.270. The highest BCUT2D eigenvalue weighted by atomic mass is 16.6.